The number of aromatic nitrogens is 2. The molecule has 0 saturated carbocycles. The van der Waals surface area contributed by atoms with Crippen LogP contribution in [0.2, 0.25) is 0 Å². The fourth-order valence-corrected chi connectivity index (χ4v) is 1.97. The lowest BCUT2D eigenvalue weighted by molar-refractivity contribution is 0.216. The van der Waals surface area contributed by atoms with Gasteiger partial charge in [0.1, 0.15) is 6.10 Å². The fourth-order valence-electron chi connectivity index (χ4n) is 1.97. The molecule has 0 amide bonds. The molecule has 2 heterocycles. The number of H-pyrrole nitrogens is 1. The predicted octanol–water partition coefficient (Wildman–Crippen LogP) is 2.64. The van der Waals surface area contributed by atoms with Gasteiger partial charge in [0.25, 0.3) is 0 Å². The molecule has 2 N–H and O–H groups in total. The smallest absolute Gasteiger partial charge is 0.119 e. The van der Waals surface area contributed by atoms with Crippen LogP contribution in [0.4, 0.5) is 0 Å². The summed E-state index contributed by atoms with van der Waals surface area (Å²) in [5, 5.41) is 11.3. The summed E-state index contributed by atoms with van der Waals surface area (Å²) in [6, 6.07) is 13.6. The number of pyridine rings is 1. The van der Waals surface area contributed by atoms with Crippen LogP contribution in [0.3, 0.4) is 0 Å². The maximum Gasteiger partial charge on any atom is 0.119 e. The zero-order valence-corrected chi connectivity index (χ0v) is 9.17. The zero-order chi connectivity index (χ0) is 11.7. The molecule has 3 aromatic rings. The van der Waals surface area contributed by atoms with Crippen LogP contribution in [0.15, 0.2) is 54.9 Å². The molecular weight excluding hydrogens is 212 g/mol. The normalized spacial score (nSPS) is 12.8. The number of hydrogen-bond acceptors (Lipinski definition) is 2. The summed E-state index contributed by atoms with van der Waals surface area (Å²) < 4.78 is 0. The van der Waals surface area contributed by atoms with Crippen molar-refractivity contribution >= 4 is 10.9 Å². The second-order valence-electron chi connectivity index (χ2n) is 4.00. The molecule has 17 heavy (non-hydrogen) atoms. The van der Waals surface area contributed by atoms with Crippen LogP contribution in [0.25, 0.3) is 10.9 Å². The minimum atomic E-state index is -0.634. The number of aliphatic hydroxyl groups excluding tert-OH is 1. The summed E-state index contributed by atoms with van der Waals surface area (Å²) >= 11 is 0. The maximum absolute atomic E-state index is 10.2. The Balaban J connectivity index is 2.04. The molecule has 3 heteroatoms. The highest BCUT2D eigenvalue weighted by atomic mass is 16.3. The van der Waals surface area contributed by atoms with Crippen molar-refractivity contribution in [3.05, 3.63) is 66.1 Å². The molecule has 0 spiro atoms. The first kappa shape index (κ1) is 10.1. The number of rotatable bonds is 2. The van der Waals surface area contributed by atoms with Crippen molar-refractivity contribution in [2.45, 2.75) is 6.10 Å². The van der Waals surface area contributed by atoms with E-state index >= 15 is 0 Å². The molecule has 0 aliphatic rings. The Labute approximate surface area is 98.8 Å². The van der Waals surface area contributed by atoms with Crippen molar-refractivity contribution in [1.82, 2.24) is 9.97 Å². The standard InChI is InChI=1S/C14H12N2O/c17-14(10-5-7-15-8-6-10)13-9-11-3-1-2-4-12(11)16-13/h1-9,14,16-17H/t14-/m0/s1. The van der Waals surface area contributed by atoms with Crippen LogP contribution in [-0.2, 0) is 0 Å². The van der Waals surface area contributed by atoms with E-state index in [1.807, 2.05) is 42.5 Å². The van der Waals surface area contributed by atoms with E-state index in [1.54, 1.807) is 12.4 Å². The summed E-state index contributed by atoms with van der Waals surface area (Å²) in [6.45, 7) is 0. The van der Waals surface area contributed by atoms with Gasteiger partial charge in [-0.2, -0.15) is 0 Å². The largest absolute Gasteiger partial charge is 0.382 e. The van der Waals surface area contributed by atoms with Gasteiger partial charge in [-0.05, 0) is 35.2 Å². The average Bonchev–Trinajstić information content (AvgIpc) is 2.82. The second-order valence-corrected chi connectivity index (χ2v) is 4.00. The summed E-state index contributed by atoms with van der Waals surface area (Å²) in [4.78, 5) is 7.17. The Hall–Kier alpha value is -2.13. The summed E-state index contributed by atoms with van der Waals surface area (Å²) in [6.07, 6.45) is 2.73. The van der Waals surface area contributed by atoms with Crippen molar-refractivity contribution < 1.29 is 5.11 Å². The monoisotopic (exact) mass is 224 g/mol. The lowest BCUT2D eigenvalue weighted by Gasteiger charge is -2.07. The van der Waals surface area contributed by atoms with E-state index in [2.05, 4.69) is 9.97 Å². The van der Waals surface area contributed by atoms with Crippen molar-refractivity contribution in [2.75, 3.05) is 0 Å². The van der Waals surface area contributed by atoms with Crippen LogP contribution in [-0.4, -0.2) is 15.1 Å². The molecular formula is C14H12N2O. The molecule has 3 rings (SSSR count). The minimum Gasteiger partial charge on any atom is -0.382 e. The number of aromatic amines is 1. The molecule has 3 nitrogen and oxygen atoms in total. The van der Waals surface area contributed by atoms with Crippen LogP contribution in [0.5, 0.6) is 0 Å². The molecule has 0 fully saturated rings. The quantitative estimate of drug-likeness (QED) is 0.703. The van der Waals surface area contributed by atoms with Gasteiger partial charge in [0.15, 0.2) is 0 Å². The molecule has 0 unspecified atom stereocenters. The van der Waals surface area contributed by atoms with Gasteiger partial charge in [-0.3, -0.25) is 4.98 Å². The van der Waals surface area contributed by atoms with E-state index in [0.717, 1.165) is 22.2 Å². The molecule has 2 aromatic heterocycles. The number of fused-ring (bicyclic) bond motifs is 1. The minimum absolute atomic E-state index is 0.634. The highest BCUT2D eigenvalue weighted by Crippen LogP contribution is 2.24. The Morgan fingerprint density at radius 3 is 2.59 bits per heavy atom. The number of aliphatic hydroxyl groups is 1. The fraction of sp³-hybridized carbons (Fsp3) is 0.0714. The van der Waals surface area contributed by atoms with Crippen LogP contribution >= 0.6 is 0 Å². The van der Waals surface area contributed by atoms with Gasteiger partial charge in [-0.25, -0.2) is 0 Å². The van der Waals surface area contributed by atoms with Gasteiger partial charge in [-0.15, -0.1) is 0 Å². The van der Waals surface area contributed by atoms with Crippen LogP contribution < -0.4 is 0 Å². The van der Waals surface area contributed by atoms with Crippen molar-refractivity contribution in [2.24, 2.45) is 0 Å². The Morgan fingerprint density at radius 2 is 1.82 bits per heavy atom. The zero-order valence-electron chi connectivity index (χ0n) is 9.17. The van der Waals surface area contributed by atoms with Crippen molar-refractivity contribution in [3.63, 3.8) is 0 Å². The van der Waals surface area contributed by atoms with Gasteiger partial charge >= 0.3 is 0 Å². The third kappa shape index (κ3) is 1.81. The molecule has 0 aliphatic heterocycles. The molecule has 84 valence electrons. The number of nitrogens with zero attached hydrogens (tertiary/aromatic N) is 1. The Kier molecular flexibility index (Phi) is 2.38. The topological polar surface area (TPSA) is 48.9 Å². The summed E-state index contributed by atoms with van der Waals surface area (Å²) in [7, 11) is 0. The van der Waals surface area contributed by atoms with E-state index in [9.17, 15) is 5.11 Å². The first-order valence-corrected chi connectivity index (χ1v) is 5.50. The third-order valence-corrected chi connectivity index (χ3v) is 2.87. The number of nitrogens with one attached hydrogen (secondary N) is 1. The molecule has 0 aliphatic carbocycles. The van der Waals surface area contributed by atoms with Crippen molar-refractivity contribution in [1.29, 1.82) is 0 Å². The van der Waals surface area contributed by atoms with E-state index in [0.29, 0.717) is 0 Å². The van der Waals surface area contributed by atoms with Crippen LogP contribution in [0, 0.1) is 0 Å². The average molecular weight is 224 g/mol. The first-order valence-electron chi connectivity index (χ1n) is 5.50. The van der Waals surface area contributed by atoms with E-state index in [1.165, 1.54) is 0 Å². The molecule has 0 radical (unpaired) electrons. The highest BCUT2D eigenvalue weighted by Gasteiger charge is 2.12. The maximum atomic E-state index is 10.2. The lowest BCUT2D eigenvalue weighted by atomic mass is 10.1. The summed E-state index contributed by atoms with van der Waals surface area (Å²) in [5.41, 5.74) is 2.68. The molecule has 1 aromatic carbocycles. The van der Waals surface area contributed by atoms with Crippen molar-refractivity contribution in [3.8, 4) is 0 Å². The van der Waals surface area contributed by atoms with E-state index in [-0.39, 0.29) is 0 Å². The van der Waals surface area contributed by atoms with Gasteiger partial charge in [-0.1, -0.05) is 18.2 Å². The number of hydrogen-bond donors (Lipinski definition) is 2. The number of para-hydroxylation sites is 1. The van der Waals surface area contributed by atoms with E-state index < -0.39 is 6.10 Å². The number of benzene rings is 1. The van der Waals surface area contributed by atoms with Gasteiger partial charge in [0, 0.05) is 23.6 Å². The van der Waals surface area contributed by atoms with E-state index in [4.69, 9.17) is 0 Å². The highest BCUT2D eigenvalue weighted by molar-refractivity contribution is 5.80. The lowest BCUT2D eigenvalue weighted by Crippen LogP contribution is -1.99. The van der Waals surface area contributed by atoms with Gasteiger partial charge in [0.05, 0.1) is 0 Å². The van der Waals surface area contributed by atoms with Gasteiger partial charge < -0.3 is 10.1 Å². The third-order valence-electron chi connectivity index (χ3n) is 2.87. The molecule has 0 saturated heterocycles. The van der Waals surface area contributed by atoms with Crippen LogP contribution in [0.1, 0.15) is 17.4 Å². The second kappa shape index (κ2) is 4.03. The van der Waals surface area contributed by atoms with Gasteiger partial charge in [0.2, 0.25) is 0 Å². The predicted molar refractivity (Wildman–Crippen MR) is 66.6 cm³/mol. The molecule has 1 atom stereocenters. The Morgan fingerprint density at radius 1 is 1.06 bits per heavy atom. The Bertz CT molecular complexity index is 598. The SMILES string of the molecule is O[C@@H](c1ccncc1)c1cc2ccccc2[nH]1. The first-order chi connectivity index (χ1) is 8.34. The summed E-state index contributed by atoms with van der Waals surface area (Å²) in [5.74, 6) is 0. The molecule has 0 bridgehead atoms.